The molecule has 1 aromatic carbocycles. The second-order valence-corrected chi connectivity index (χ2v) is 5.90. The Morgan fingerprint density at radius 2 is 2.40 bits per heavy atom. The lowest BCUT2D eigenvalue weighted by Gasteiger charge is -2.28. The summed E-state index contributed by atoms with van der Waals surface area (Å²) in [7, 11) is 1.62. The number of methoxy groups -OCH3 is 1. The minimum atomic E-state index is -0.181. The van der Waals surface area contributed by atoms with Gasteiger partial charge in [-0.05, 0) is 24.3 Å². The number of anilines is 1. The van der Waals surface area contributed by atoms with Crippen LogP contribution in [0, 0.1) is 0 Å². The molecule has 110 valence electrons. The predicted molar refractivity (Wildman–Crippen MR) is 81.2 cm³/mol. The number of nitrogens with two attached hydrogens (primary N) is 1. The molecule has 1 aromatic rings. The lowest BCUT2D eigenvalue weighted by Crippen LogP contribution is -2.42. The van der Waals surface area contributed by atoms with Crippen molar-refractivity contribution >= 4 is 23.4 Å². The summed E-state index contributed by atoms with van der Waals surface area (Å²) in [5.41, 5.74) is 6.15. The first kappa shape index (κ1) is 15.0. The molecule has 20 heavy (non-hydrogen) atoms. The topological polar surface area (TPSA) is 75.8 Å². The SMILES string of the molecule is COCCN(C(=O)c1cccc(N)c1O)C1CCSC1. The number of phenols is 1. The van der Waals surface area contributed by atoms with E-state index in [0.717, 1.165) is 17.9 Å². The van der Waals surface area contributed by atoms with E-state index in [1.54, 1.807) is 30.2 Å². The van der Waals surface area contributed by atoms with E-state index in [0.29, 0.717) is 13.2 Å². The van der Waals surface area contributed by atoms with Crippen molar-refractivity contribution in [3.8, 4) is 5.75 Å². The lowest BCUT2D eigenvalue weighted by molar-refractivity contribution is 0.0622. The molecule has 0 aromatic heterocycles. The molecule has 2 rings (SSSR count). The van der Waals surface area contributed by atoms with Crippen LogP contribution in [-0.4, -0.2) is 53.7 Å². The maximum absolute atomic E-state index is 12.7. The molecule has 0 radical (unpaired) electrons. The first-order chi connectivity index (χ1) is 9.65. The van der Waals surface area contributed by atoms with Gasteiger partial charge in [0.15, 0.2) is 5.75 Å². The first-order valence-corrected chi connectivity index (χ1v) is 7.75. The van der Waals surface area contributed by atoms with Gasteiger partial charge in [0, 0.05) is 25.4 Å². The van der Waals surface area contributed by atoms with Crippen LogP contribution >= 0.6 is 11.8 Å². The van der Waals surface area contributed by atoms with Gasteiger partial charge in [-0.3, -0.25) is 4.79 Å². The second-order valence-electron chi connectivity index (χ2n) is 4.75. The van der Waals surface area contributed by atoms with Crippen LogP contribution in [0.25, 0.3) is 0 Å². The monoisotopic (exact) mass is 296 g/mol. The number of hydrogen-bond acceptors (Lipinski definition) is 5. The number of para-hydroxylation sites is 1. The van der Waals surface area contributed by atoms with Crippen molar-refractivity contribution in [1.29, 1.82) is 0 Å². The molecule has 6 heteroatoms. The van der Waals surface area contributed by atoms with Crippen LogP contribution in [0.5, 0.6) is 5.75 Å². The van der Waals surface area contributed by atoms with Crippen LogP contribution in [0.1, 0.15) is 16.8 Å². The Bertz CT molecular complexity index is 475. The fourth-order valence-corrected chi connectivity index (χ4v) is 3.52. The number of thioether (sulfide) groups is 1. The van der Waals surface area contributed by atoms with Crippen LogP contribution in [0.4, 0.5) is 5.69 Å². The minimum Gasteiger partial charge on any atom is -0.505 e. The Morgan fingerprint density at radius 1 is 1.60 bits per heavy atom. The van der Waals surface area contributed by atoms with E-state index < -0.39 is 0 Å². The van der Waals surface area contributed by atoms with Gasteiger partial charge in [-0.1, -0.05) is 6.07 Å². The molecule has 1 unspecified atom stereocenters. The number of hydrogen-bond donors (Lipinski definition) is 2. The first-order valence-electron chi connectivity index (χ1n) is 6.60. The van der Waals surface area contributed by atoms with Crippen LogP contribution in [0.2, 0.25) is 0 Å². The molecule has 0 spiro atoms. The van der Waals surface area contributed by atoms with Crippen LogP contribution in [0.15, 0.2) is 18.2 Å². The highest BCUT2D eigenvalue weighted by Crippen LogP contribution is 2.29. The third kappa shape index (κ3) is 3.19. The number of phenolic OH excluding ortho intramolecular Hbond substituents is 1. The van der Waals surface area contributed by atoms with Crippen molar-refractivity contribution in [1.82, 2.24) is 4.90 Å². The quantitative estimate of drug-likeness (QED) is 0.637. The zero-order chi connectivity index (χ0) is 14.5. The van der Waals surface area contributed by atoms with Crippen molar-refractivity contribution in [3.05, 3.63) is 23.8 Å². The number of ether oxygens (including phenoxy) is 1. The lowest BCUT2D eigenvalue weighted by atomic mass is 10.1. The molecule has 0 saturated carbocycles. The molecule has 1 aliphatic rings. The van der Waals surface area contributed by atoms with Crippen LogP contribution in [-0.2, 0) is 4.74 Å². The van der Waals surface area contributed by atoms with Crippen molar-refractivity contribution in [2.24, 2.45) is 0 Å². The molecule has 1 atom stereocenters. The van der Waals surface area contributed by atoms with Crippen molar-refractivity contribution < 1.29 is 14.6 Å². The fourth-order valence-electron chi connectivity index (χ4n) is 2.30. The number of benzene rings is 1. The molecule has 0 bridgehead atoms. The van der Waals surface area contributed by atoms with E-state index in [2.05, 4.69) is 0 Å². The fraction of sp³-hybridized carbons (Fsp3) is 0.500. The van der Waals surface area contributed by atoms with Gasteiger partial charge in [-0.25, -0.2) is 0 Å². The third-order valence-corrected chi connectivity index (χ3v) is 4.59. The zero-order valence-corrected chi connectivity index (χ0v) is 12.4. The van der Waals surface area contributed by atoms with Crippen molar-refractivity contribution in [3.63, 3.8) is 0 Å². The molecule has 1 heterocycles. The van der Waals surface area contributed by atoms with Crippen LogP contribution in [0.3, 0.4) is 0 Å². The Labute approximate surface area is 123 Å². The summed E-state index contributed by atoms with van der Waals surface area (Å²) in [4.78, 5) is 14.4. The highest BCUT2D eigenvalue weighted by Gasteiger charge is 2.29. The average molecular weight is 296 g/mol. The highest BCUT2D eigenvalue weighted by atomic mass is 32.2. The van der Waals surface area contributed by atoms with Gasteiger partial charge in [0.25, 0.3) is 5.91 Å². The van der Waals surface area contributed by atoms with Gasteiger partial charge in [0.05, 0.1) is 17.9 Å². The van der Waals surface area contributed by atoms with E-state index in [1.807, 2.05) is 11.8 Å². The molecule has 1 saturated heterocycles. The summed E-state index contributed by atoms with van der Waals surface area (Å²) in [6.45, 7) is 1.00. The summed E-state index contributed by atoms with van der Waals surface area (Å²) >= 11 is 1.84. The minimum absolute atomic E-state index is 0.134. The van der Waals surface area contributed by atoms with Gasteiger partial charge in [-0.15, -0.1) is 0 Å². The molecule has 3 N–H and O–H groups in total. The number of carbonyl (C=O) groups excluding carboxylic acids is 1. The van der Waals surface area contributed by atoms with E-state index in [-0.39, 0.29) is 28.9 Å². The Kier molecular flexibility index (Phi) is 5.14. The number of rotatable bonds is 5. The molecular formula is C14H20N2O3S. The zero-order valence-electron chi connectivity index (χ0n) is 11.5. The van der Waals surface area contributed by atoms with Crippen molar-refractivity contribution in [2.45, 2.75) is 12.5 Å². The van der Waals surface area contributed by atoms with E-state index in [1.165, 1.54) is 0 Å². The number of nitrogen functional groups attached to an aromatic ring is 1. The molecule has 5 nitrogen and oxygen atoms in total. The Balaban J connectivity index is 2.22. The molecule has 0 aliphatic carbocycles. The van der Waals surface area contributed by atoms with Crippen LogP contribution < -0.4 is 5.73 Å². The summed E-state index contributed by atoms with van der Waals surface area (Å²) in [6.07, 6.45) is 0.975. The van der Waals surface area contributed by atoms with E-state index in [9.17, 15) is 9.90 Å². The van der Waals surface area contributed by atoms with Gasteiger partial charge in [0.1, 0.15) is 0 Å². The maximum Gasteiger partial charge on any atom is 0.258 e. The molecule has 1 amide bonds. The number of nitrogens with zero attached hydrogens (tertiary/aromatic N) is 1. The number of carbonyl (C=O) groups is 1. The molecular weight excluding hydrogens is 276 g/mol. The summed E-state index contributed by atoms with van der Waals surface area (Å²) in [6, 6.07) is 5.07. The van der Waals surface area contributed by atoms with E-state index in [4.69, 9.17) is 10.5 Å². The summed E-state index contributed by atoms with van der Waals surface area (Å²) in [5.74, 6) is 1.67. The van der Waals surface area contributed by atoms with E-state index >= 15 is 0 Å². The molecule has 1 aliphatic heterocycles. The Hall–Kier alpha value is -1.40. The predicted octanol–water partition coefficient (Wildman–Crippen LogP) is 1.57. The standard InChI is InChI=1S/C14H20N2O3S/c1-19-7-6-16(10-5-8-20-9-10)14(18)11-3-2-4-12(15)13(11)17/h2-4,10,17H,5-9,15H2,1H3. The number of aromatic hydroxyl groups is 1. The van der Waals surface area contributed by atoms with Gasteiger partial charge < -0.3 is 20.5 Å². The normalized spacial score (nSPS) is 18.1. The van der Waals surface area contributed by atoms with Gasteiger partial charge >= 0.3 is 0 Å². The van der Waals surface area contributed by atoms with Crippen molar-refractivity contribution in [2.75, 3.05) is 37.5 Å². The third-order valence-electron chi connectivity index (χ3n) is 3.44. The summed E-state index contributed by atoms with van der Waals surface area (Å²) < 4.78 is 5.08. The Morgan fingerprint density at radius 3 is 3.05 bits per heavy atom. The van der Waals surface area contributed by atoms with Gasteiger partial charge in [-0.2, -0.15) is 11.8 Å². The number of amides is 1. The largest absolute Gasteiger partial charge is 0.505 e. The molecule has 1 fully saturated rings. The van der Waals surface area contributed by atoms with Gasteiger partial charge in [0.2, 0.25) is 0 Å². The summed E-state index contributed by atoms with van der Waals surface area (Å²) in [5, 5.41) is 9.98. The smallest absolute Gasteiger partial charge is 0.258 e. The maximum atomic E-state index is 12.7. The highest BCUT2D eigenvalue weighted by molar-refractivity contribution is 7.99. The second kappa shape index (κ2) is 6.85. The average Bonchev–Trinajstić information content (AvgIpc) is 2.96.